The van der Waals surface area contributed by atoms with Crippen molar-refractivity contribution >= 4 is 63.6 Å². The summed E-state index contributed by atoms with van der Waals surface area (Å²) < 4.78 is 15.8. The minimum atomic E-state index is -0.561. The van der Waals surface area contributed by atoms with Crippen molar-refractivity contribution in [2.45, 2.75) is 30.6 Å². The zero-order valence-electron chi connectivity index (χ0n) is 26.7. The molecule has 0 unspecified atom stereocenters. The van der Waals surface area contributed by atoms with Gasteiger partial charge in [-0.25, -0.2) is 4.79 Å². The number of thioether (sulfide) groups is 1. The highest BCUT2D eigenvalue weighted by molar-refractivity contribution is 8.00. The second-order valence-corrected chi connectivity index (χ2v) is 12.9. The van der Waals surface area contributed by atoms with Gasteiger partial charge in [0.05, 0.1) is 32.6 Å². The summed E-state index contributed by atoms with van der Waals surface area (Å²) in [5, 5.41) is 9.01. The fraction of sp³-hybridized carbons (Fsp3) is 0.222. The predicted octanol–water partition coefficient (Wildman–Crippen LogP) is 6.57. The molecule has 0 bridgehead atoms. The average molecular weight is 686 g/mol. The molecule has 0 saturated heterocycles. The maximum atomic E-state index is 13.6. The van der Waals surface area contributed by atoms with Crippen LogP contribution in [0.25, 0.3) is 6.08 Å². The first-order valence-corrected chi connectivity index (χ1v) is 17.0. The van der Waals surface area contributed by atoms with Crippen molar-refractivity contribution in [3.8, 4) is 11.5 Å². The summed E-state index contributed by atoms with van der Waals surface area (Å²) in [6.45, 7) is 0. The molecule has 48 heavy (non-hydrogen) atoms. The molecule has 3 amide bonds. The SMILES string of the molecule is COC(=O)c1c(NC(=O)CSc2cccc(NC(=O)/C(=C\c3ccc(OC)cc3OC)NC(=O)c3ccccc3)c2)sc2c1CCCC2. The third-order valence-electron chi connectivity index (χ3n) is 7.54. The van der Waals surface area contributed by atoms with Crippen LogP contribution in [0.15, 0.2) is 83.4 Å². The number of rotatable bonds is 12. The van der Waals surface area contributed by atoms with Crippen LogP contribution in [0.3, 0.4) is 0 Å². The van der Waals surface area contributed by atoms with Crippen molar-refractivity contribution in [2.24, 2.45) is 0 Å². The van der Waals surface area contributed by atoms with Crippen molar-refractivity contribution in [1.29, 1.82) is 0 Å². The Hall–Kier alpha value is -5.07. The van der Waals surface area contributed by atoms with Gasteiger partial charge in [-0.3, -0.25) is 14.4 Å². The number of nitrogens with one attached hydrogen (secondary N) is 3. The summed E-state index contributed by atoms with van der Waals surface area (Å²) >= 11 is 2.72. The number of hydrogen-bond acceptors (Lipinski definition) is 9. The number of thiophene rings is 1. The molecule has 5 rings (SSSR count). The quantitative estimate of drug-likeness (QED) is 0.0867. The van der Waals surface area contributed by atoms with Gasteiger partial charge in [0, 0.05) is 32.7 Å². The molecular formula is C36H35N3O7S2. The maximum absolute atomic E-state index is 13.6. The zero-order chi connectivity index (χ0) is 34.0. The van der Waals surface area contributed by atoms with E-state index in [2.05, 4.69) is 16.0 Å². The van der Waals surface area contributed by atoms with E-state index in [9.17, 15) is 19.2 Å². The van der Waals surface area contributed by atoms with E-state index in [0.29, 0.717) is 38.9 Å². The summed E-state index contributed by atoms with van der Waals surface area (Å²) in [4.78, 5) is 54.1. The van der Waals surface area contributed by atoms with E-state index in [-0.39, 0.29) is 17.4 Å². The first-order chi connectivity index (χ1) is 23.3. The molecule has 1 heterocycles. The standard InChI is InChI=1S/C36H35N3O7S2/c1-44-25-17-16-23(29(20-25)45-2)18-28(38-33(41)22-10-5-4-6-11-22)34(42)37-24-12-9-13-26(19-24)47-21-31(40)39-35-32(36(43)46-3)27-14-7-8-15-30(27)48-35/h4-6,9-13,16-20H,7-8,14-15,21H2,1-3H3,(H,37,42)(H,38,41)(H,39,40)/b28-18+. The lowest BCUT2D eigenvalue weighted by atomic mass is 9.95. The van der Waals surface area contributed by atoms with Crippen LogP contribution in [0.1, 0.15) is 49.6 Å². The lowest BCUT2D eigenvalue weighted by molar-refractivity contribution is -0.114. The van der Waals surface area contributed by atoms with Crippen LogP contribution < -0.4 is 25.4 Å². The van der Waals surface area contributed by atoms with Gasteiger partial charge >= 0.3 is 5.97 Å². The van der Waals surface area contributed by atoms with Gasteiger partial charge in [-0.05, 0) is 79.8 Å². The summed E-state index contributed by atoms with van der Waals surface area (Å²) in [6.07, 6.45) is 5.25. The van der Waals surface area contributed by atoms with Crippen LogP contribution in [-0.2, 0) is 27.2 Å². The highest BCUT2D eigenvalue weighted by Crippen LogP contribution is 2.38. The molecule has 10 nitrogen and oxygen atoms in total. The molecular weight excluding hydrogens is 651 g/mol. The third-order valence-corrected chi connectivity index (χ3v) is 9.75. The molecule has 0 spiro atoms. The van der Waals surface area contributed by atoms with E-state index in [1.165, 1.54) is 43.4 Å². The van der Waals surface area contributed by atoms with E-state index in [1.807, 2.05) is 6.07 Å². The summed E-state index contributed by atoms with van der Waals surface area (Å²) in [5.74, 6) is -0.622. The van der Waals surface area contributed by atoms with Crippen LogP contribution in [0.2, 0.25) is 0 Å². The fourth-order valence-corrected chi connectivity index (χ4v) is 7.23. The zero-order valence-corrected chi connectivity index (χ0v) is 28.3. The molecule has 0 radical (unpaired) electrons. The van der Waals surface area contributed by atoms with Gasteiger partial charge in [-0.2, -0.15) is 0 Å². The van der Waals surface area contributed by atoms with Gasteiger partial charge in [0.15, 0.2) is 0 Å². The molecule has 1 aromatic heterocycles. The van der Waals surface area contributed by atoms with Crippen molar-refractivity contribution in [1.82, 2.24) is 5.32 Å². The largest absolute Gasteiger partial charge is 0.497 e. The molecule has 1 aliphatic carbocycles. The number of methoxy groups -OCH3 is 3. The van der Waals surface area contributed by atoms with Crippen molar-refractivity contribution in [3.05, 3.63) is 106 Å². The van der Waals surface area contributed by atoms with Gasteiger partial charge in [-0.15, -0.1) is 23.1 Å². The third kappa shape index (κ3) is 8.44. The molecule has 4 aromatic rings. The molecule has 0 fully saturated rings. The number of carbonyl (C=O) groups excluding carboxylic acids is 4. The Balaban J connectivity index is 1.30. The minimum absolute atomic E-state index is 0.00944. The molecule has 0 atom stereocenters. The number of benzene rings is 3. The van der Waals surface area contributed by atoms with Crippen LogP contribution in [-0.4, -0.2) is 50.8 Å². The van der Waals surface area contributed by atoms with Crippen LogP contribution in [0, 0.1) is 0 Å². The van der Waals surface area contributed by atoms with E-state index >= 15 is 0 Å². The Morgan fingerprint density at radius 3 is 2.42 bits per heavy atom. The number of carbonyl (C=O) groups is 4. The lowest BCUT2D eigenvalue weighted by Gasteiger charge is -2.13. The second kappa shape index (κ2) is 16.2. The fourth-order valence-electron chi connectivity index (χ4n) is 5.18. The topological polar surface area (TPSA) is 132 Å². The Kier molecular flexibility index (Phi) is 11.5. The Bertz CT molecular complexity index is 1850. The molecule has 12 heteroatoms. The Morgan fingerprint density at radius 1 is 0.875 bits per heavy atom. The highest BCUT2D eigenvalue weighted by Gasteiger charge is 2.27. The number of aryl methyl sites for hydroxylation is 1. The Morgan fingerprint density at radius 2 is 1.67 bits per heavy atom. The first kappa shape index (κ1) is 34.3. The van der Waals surface area contributed by atoms with Crippen LogP contribution >= 0.6 is 23.1 Å². The maximum Gasteiger partial charge on any atom is 0.341 e. The van der Waals surface area contributed by atoms with Crippen molar-refractivity contribution in [2.75, 3.05) is 37.7 Å². The molecule has 3 aromatic carbocycles. The average Bonchev–Trinajstić information content (AvgIpc) is 3.48. The first-order valence-electron chi connectivity index (χ1n) is 15.2. The lowest BCUT2D eigenvalue weighted by Crippen LogP contribution is -2.30. The number of anilines is 2. The summed E-state index contributed by atoms with van der Waals surface area (Å²) in [6, 6.07) is 20.7. The van der Waals surface area contributed by atoms with Crippen LogP contribution in [0.5, 0.6) is 11.5 Å². The van der Waals surface area contributed by atoms with Crippen molar-refractivity contribution < 1.29 is 33.4 Å². The predicted molar refractivity (Wildman–Crippen MR) is 188 cm³/mol. The molecule has 0 saturated carbocycles. The Labute approximate surface area is 286 Å². The normalized spacial score (nSPS) is 12.4. The van der Waals surface area contributed by atoms with Gasteiger partial charge in [0.1, 0.15) is 22.2 Å². The monoisotopic (exact) mass is 685 g/mol. The number of fused-ring (bicyclic) bond motifs is 1. The smallest absolute Gasteiger partial charge is 0.341 e. The second-order valence-electron chi connectivity index (χ2n) is 10.7. The van der Waals surface area contributed by atoms with Crippen LogP contribution in [0.4, 0.5) is 10.7 Å². The highest BCUT2D eigenvalue weighted by atomic mass is 32.2. The molecule has 0 aliphatic heterocycles. The summed E-state index contributed by atoms with van der Waals surface area (Å²) in [7, 11) is 4.39. The van der Waals surface area contributed by atoms with E-state index in [1.54, 1.807) is 73.8 Å². The van der Waals surface area contributed by atoms with Gasteiger partial charge in [-0.1, -0.05) is 24.3 Å². The van der Waals surface area contributed by atoms with Gasteiger partial charge in [0.2, 0.25) is 5.91 Å². The number of esters is 1. The number of amides is 3. The number of ether oxygens (including phenoxy) is 3. The van der Waals surface area contributed by atoms with E-state index in [0.717, 1.165) is 41.0 Å². The van der Waals surface area contributed by atoms with E-state index < -0.39 is 17.8 Å². The number of hydrogen-bond donors (Lipinski definition) is 3. The summed E-state index contributed by atoms with van der Waals surface area (Å²) in [5.41, 5.74) is 2.82. The molecule has 3 N–H and O–H groups in total. The van der Waals surface area contributed by atoms with Gasteiger partial charge in [0.25, 0.3) is 11.8 Å². The van der Waals surface area contributed by atoms with Gasteiger partial charge < -0.3 is 30.2 Å². The minimum Gasteiger partial charge on any atom is -0.497 e. The van der Waals surface area contributed by atoms with Crippen molar-refractivity contribution in [3.63, 3.8) is 0 Å². The van der Waals surface area contributed by atoms with E-state index in [4.69, 9.17) is 14.2 Å². The molecule has 1 aliphatic rings. The molecule has 248 valence electrons.